The lowest BCUT2D eigenvalue weighted by Crippen LogP contribution is -2.15. The average Bonchev–Trinajstić information content (AvgIpc) is 2.96. The fourth-order valence-corrected chi connectivity index (χ4v) is 3.39. The number of benzene rings is 1. The molecule has 0 spiro atoms. The SMILES string of the molecule is OC1CSCC1c1nc(Cc2cc(F)cc(F)c2)no1. The molecule has 0 saturated carbocycles. The summed E-state index contributed by atoms with van der Waals surface area (Å²) in [4.78, 5) is 4.20. The molecule has 2 heterocycles. The zero-order valence-electron chi connectivity index (χ0n) is 10.4. The van der Waals surface area contributed by atoms with Crippen molar-refractivity contribution in [1.82, 2.24) is 10.1 Å². The molecule has 20 heavy (non-hydrogen) atoms. The van der Waals surface area contributed by atoms with Crippen molar-refractivity contribution < 1.29 is 18.4 Å². The highest BCUT2D eigenvalue weighted by Crippen LogP contribution is 2.31. The molecule has 4 nitrogen and oxygen atoms in total. The van der Waals surface area contributed by atoms with E-state index in [0.29, 0.717) is 23.0 Å². The quantitative estimate of drug-likeness (QED) is 0.940. The highest BCUT2D eigenvalue weighted by atomic mass is 32.2. The van der Waals surface area contributed by atoms with Crippen molar-refractivity contribution >= 4 is 11.8 Å². The van der Waals surface area contributed by atoms with E-state index in [0.717, 1.165) is 11.8 Å². The molecule has 2 unspecified atom stereocenters. The monoisotopic (exact) mass is 298 g/mol. The zero-order chi connectivity index (χ0) is 14.1. The van der Waals surface area contributed by atoms with E-state index in [1.54, 1.807) is 11.8 Å². The Kier molecular flexibility index (Phi) is 3.71. The highest BCUT2D eigenvalue weighted by molar-refractivity contribution is 7.99. The van der Waals surface area contributed by atoms with Crippen molar-refractivity contribution in [2.75, 3.05) is 11.5 Å². The molecular weight excluding hydrogens is 286 g/mol. The van der Waals surface area contributed by atoms with E-state index < -0.39 is 17.7 Å². The number of thioether (sulfide) groups is 1. The summed E-state index contributed by atoms with van der Waals surface area (Å²) in [5.74, 6) is 0.696. The smallest absolute Gasteiger partial charge is 0.233 e. The Hall–Kier alpha value is -1.47. The van der Waals surface area contributed by atoms with Crippen LogP contribution in [0.2, 0.25) is 0 Å². The Bertz CT molecular complexity index is 600. The lowest BCUT2D eigenvalue weighted by atomic mass is 10.1. The first-order chi connectivity index (χ1) is 9.61. The van der Waals surface area contributed by atoms with Crippen molar-refractivity contribution in [3.63, 3.8) is 0 Å². The van der Waals surface area contributed by atoms with Gasteiger partial charge in [0.1, 0.15) is 11.6 Å². The second-order valence-corrected chi connectivity index (χ2v) is 5.79. The van der Waals surface area contributed by atoms with Gasteiger partial charge in [-0.05, 0) is 17.7 Å². The van der Waals surface area contributed by atoms with Crippen LogP contribution in [0, 0.1) is 11.6 Å². The van der Waals surface area contributed by atoms with Gasteiger partial charge in [0, 0.05) is 24.0 Å². The number of aromatic nitrogens is 2. The van der Waals surface area contributed by atoms with E-state index in [1.807, 2.05) is 0 Å². The summed E-state index contributed by atoms with van der Waals surface area (Å²) in [6, 6.07) is 3.29. The van der Waals surface area contributed by atoms with Crippen molar-refractivity contribution in [1.29, 1.82) is 0 Å². The van der Waals surface area contributed by atoms with Crippen LogP contribution < -0.4 is 0 Å². The molecule has 0 aliphatic carbocycles. The molecule has 1 N–H and O–H groups in total. The van der Waals surface area contributed by atoms with Crippen LogP contribution in [0.4, 0.5) is 8.78 Å². The number of hydrogen-bond donors (Lipinski definition) is 1. The maximum Gasteiger partial charge on any atom is 0.233 e. The summed E-state index contributed by atoms with van der Waals surface area (Å²) in [6.45, 7) is 0. The molecule has 1 saturated heterocycles. The Morgan fingerprint density at radius 2 is 2.00 bits per heavy atom. The molecule has 1 aliphatic heterocycles. The molecule has 1 aliphatic rings. The standard InChI is InChI=1S/C13H12F2N2O2S/c14-8-1-7(2-9(15)4-8)3-12-16-13(19-17-12)10-5-20-6-11(10)18/h1-2,4,10-11,18H,3,5-6H2. The minimum Gasteiger partial charge on any atom is -0.391 e. The Morgan fingerprint density at radius 1 is 1.25 bits per heavy atom. The summed E-state index contributed by atoms with van der Waals surface area (Å²) in [5.41, 5.74) is 0.441. The van der Waals surface area contributed by atoms with Gasteiger partial charge in [-0.15, -0.1) is 0 Å². The third-order valence-corrected chi connectivity index (χ3v) is 4.31. The summed E-state index contributed by atoms with van der Waals surface area (Å²) in [7, 11) is 0. The van der Waals surface area contributed by atoms with Gasteiger partial charge < -0.3 is 9.63 Å². The summed E-state index contributed by atoms with van der Waals surface area (Å²) in [6.07, 6.45) is -0.298. The van der Waals surface area contributed by atoms with Crippen molar-refractivity contribution in [3.05, 3.63) is 47.1 Å². The van der Waals surface area contributed by atoms with Gasteiger partial charge >= 0.3 is 0 Å². The number of halogens is 2. The van der Waals surface area contributed by atoms with Crippen molar-refractivity contribution in [2.24, 2.45) is 0 Å². The minimum absolute atomic E-state index is 0.162. The number of hydrogen-bond acceptors (Lipinski definition) is 5. The third kappa shape index (κ3) is 2.83. The van der Waals surface area contributed by atoms with E-state index in [-0.39, 0.29) is 12.3 Å². The number of aliphatic hydroxyl groups is 1. The first-order valence-electron chi connectivity index (χ1n) is 6.15. The van der Waals surface area contributed by atoms with E-state index >= 15 is 0 Å². The van der Waals surface area contributed by atoms with Gasteiger partial charge in [-0.2, -0.15) is 16.7 Å². The summed E-state index contributed by atoms with van der Waals surface area (Å²) >= 11 is 1.63. The molecule has 0 bridgehead atoms. The maximum absolute atomic E-state index is 13.1. The summed E-state index contributed by atoms with van der Waals surface area (Å²) in [5, 5.41) is 13.6. The maximum atomic E-state index is 13.1. The van der Waals surface area contributed by atoms with Crippen LogP contribution in [-0.4, -0.2) is 32.9 Å². The third-order valence-electron chi connectivity index (χ3n) is 3.14. The molecule has 7 heteroatoms. The number of aliphatic hydroxyl groups excluding tert-OH is 1. The number of rotatable bonds is 3. The van der Waals surface area contributed by atoms with Gasteiger partial charge in [-0.1, -0.05) is 5.16 Å². The van der Waals surface area contributed by atoms with Gasteiger partial charge in [0.05, 0.1) is 12.0 Å². The van der Waals surface area contributed by atoms with Crippen molar-refractivity contribution in [3.8, 4) is 0 Å². The lowest BCUT2D eigenvalue weighted by Gasteiger charge is -2.06. The van der Waals surface area contributed by atoms with Crippen LogP contribution in [0.15, 0.2) is 22.7 Å². The molecule has 1 fully saturated rings. The van der Waals surface area contributed by atoms with E-state index in [1.165, 1.54) is 12.1 Å². The van der Waals surface area contributed by atoms with Gasteiger partial charge in [0.15, 0.2) is 5.82 Å². The van der Waals surface area contributed by atoms with Crippen LogP contribution in [0.5, 0.6) is 0 Å². The predicted molar refractivity (Wildman–Crippen MR) is 69.5 cm³/mol. The second-order valence-electron chi connectivity index (χ2n) is 4.71. The fraction of sp³-hybridized carbons (Fsp3) is 0.385. The Morgan fingerprint density at radius 3 is 2.65 bits per heavy atom. The van der Waals surface area contributed by atoms with Crippen LogP contribution >= 0.6 is 11.8 Å². The van der Waals surface area contributed by atoms with Gasteiger partial charge in [-0.3, -0.25) is 0 Å². The Labute approximate surface area is 118 Å². The molecule has 106 valence electrons. The van der Waals surface area contributed by atoms with Crippen LogP contribution in [0.3, 0.4) is 0 Å². The molecule has 2 atom stereocenters. The first-order valence-corrected chi connectivity index (χ1v) is 7.30. The van der Waals surface area contributed by atoms with Crippen LogP contribution in [-0.2, 0) is 6.42 Å². The predicted octanol–water partition coefficient (Wildman–Crippen LogP) is 2.13. The van der Waals surface area contributed by atoms with E-state index in [4.69, 9.17) is 4.52 Å². The fourth-order valence-electron chi connectivity index (χ4n) is 2.16. The molecular formula is C13H12F2N2O2S. The van der Waals surface area contributed by atoms with Gasteiger partial charge in [-0.25, -0.2) is 8.78 Å². The molecule has 0 radical (unpaired) electrons. The molecule has 1 aromatic carbocycles. The van der Waals surface area contributed by atoms with Gasteiger partial charge in [0.2, 0.25) is 5.89 Å². The highest BCUT2D eigenvalue weighted by Gasteiger charge is 2.32. The largest absolute Gasteiger partial charge is 0.391 e. The molecule has 1 aromatic heterocycles. The van der Waals surface area contributed by atoms with E-state index in [2.05, 4.69) is 10.1 Å². The van der Waals surface area contributed by atoms with Crippen molar-refractivity contribution in [2.45, 2.75) is 18.4 Å². The number of nitrogens with zero attached hydrogens (tertiary/aromatic N) is 2. The molecule has 3 rings (SSSR count). The van der Waals surface area contributed by atoms with Gasteiger partial charge in [0.25, 0.3) is 0 Å². The van der Waals surface area contributed by atoms with E-state index in [9.17, 15) is 13.9 Å². The Balaban J connectivity index is 1.77. The second kappa shape index (κ2) is 5.49. The lowest BCUT2D eigenvalue weighted by molar-refractivity contribution is 0.164. The first kappa shape index (κ1) is 13.5. The molecule has 0 amide bonds. The molecule has 2 aromatic rings. The van der Waals surface area contributed by atoms with Crippen LogP contribution in [0.25, 0.3) is 0 Å². The summed E-state index contributed by atoms with van der Waals surface area (Å²) < 4.78 is 31.3. The van der Waals surface area contributed by atoms with Crippen LogP contribution in [0.1, 0.15) is 23.2 Å². The zero-order valence-corrected chi connectivity index (χ0v) is 11.2. The average molecular weight is 298 g/mol. The normalized spacial score (nSPS) is 22.4. The minimum atomic E-state index is -0.633. The topological polar surface area (TPSA) is 59.2 Å².